The molecule has 0 aliphatic heterocycles. The van der Waals surface area contributed by atoms with Gasteiger partial charge in [0.05, 0.1) is 10.7 Å². The molecule has 0 spiro atoms. The van der Waals surface area contributed by atoms with Gasteiger partial charge in [-0.1, -0.05) is 33.6 Å². The number of hydrogen-bond acceptors (Lipinski definition) is 2. The number of halogens is 2. The Kier molecular flexibility index (Phi) is 5.48. The van der Waals surface area contributed by atoms with Crippen LogP contribution in [0.4, 0.5) is 5.69 Å². The third-order valence-electron chi connectivity index (χ3n) is 3.35. The molecule has 2 rings (SSSR count). The van der Waals surface area contributed by atoms with E-state index in [2.05, 4.69) is 21.2 Å². The molecule has 0 heterocycles. The molecule has 3 nitrogen and oxygen atoms in total. The van der Waals surface area contributed by atoms with Crippen LogP contribution in [0.3, 0.4) is 0 Å². The molecule has 0 aliphatic rings. The Balaban J connectivity index is 2.04. The summed E-state index contributed by atoms with van der Waals surface area (Å²) in [4.78, 5) is 12.2. The molecule has 0 aliphatic carbocycles. The van der Waals surface area contributed by atoms with E-state index in [4.69, 9.17) is 16.3 Å². The van der Waals surface area contributed by atoms with Crippen LogP contribution in [0.2, 0.25) is 5.02 Å². The number of aryl methyl sites for hydroxylation is 2. The van der Waals surface area contributed by atoms with Gasteiger partial charge in [-0.25, -0.2) is 0 Å². The fraction of sp³-hybridized carbons (Fsp3) is 0.235. The average molecular weight is 383 g/mol. The molecule has 1 unspecified atom stereocenters. The van der Waals surface area contributed by atoms with E-state index in [9.17, 15) is 4.79 Å². The average Bonchev–Trinajstić information content (AvgIpc) is 2.45. The van der Waals surface area contributed by atoms with Gasteiger partial charge in [0, 0.05) is 4.47 Å². The number of rotatable bonds is 4. The molecule has 22 heavy (non-hydrogen) atoms. The SMILES string of the molecule is Cc1ccc(OC(C)C(=O)Nc2ccc(Br)cc2Cl)cc1C. The topological polar surface area (TPSA) is 38.3 Å². The monoisotopic (exact) mass is 381 g/mol. The number of benzene rings is 2. The van der Waals surface area contributed by atoms with Gasteiger partial charge < -0.3 is 10.1 Å². The number of nitrogens with one attached hydrogen (secondary N) is 1. The highest BCUT2D eigenvalue weighted by molar-refractivity contribution is 9.10. The van der Waals surface area contributed by atoms with Crippen molar-refractivity contribution in [3.05, 3.63) is 57.0 Å². The standard InChI is InChI=1S/C17H17BrClNO2/c1-10-4-6-14(8-11(10)2)22-12(3)17(21)20-16-7-5-13(18)9-15(16)19/h4-9,12H,1-3H3,(H,20,21). The van der Waals surface area contributed by atoms with Gasteiger partial charge in [-0.2, -0.15) is 0 Å². The van der Waals surface area contributed by atoms with E-state index in [1.807, 2.05) is 38.1 Å². The second-order valence-electron chi connectivity index (χ2n) is 5.12. The molecule has 1 amide bonds. The highest BCUT2D eigenvalue weighted by Gasteiger charge is 2.16. The van der Waals surface area contributed by atoms with E-state index in [0.29, 0.717) is 16.5 Å². The minimum absolute atomic E-state index is 0.248. The van der Waals surface area contributed by atoms with Gasteiger partial charge in [0.2, 0.25) is 0 Å². The van der Waals surface area contributed by atoms with Crippen LogP contribution >= 0.6 is 27.5 Å². The summed E-state index contributed by atoms with van der Waals surface area (Å²) >= 11 is 9.42. The lowest BCUT2D eigenvalue weighted by atomic mass is 10.1. The Labute approximate surface area is 143 Å². The van der Waals surface area contributed by atoms with E-state index >= 15 is 0 Å². The normalized spacial score (nSPS) is 11.9. The summed E-state index contributed by atoms with van der Waals surface area (Å²) in [7, 11) is 0. The minimum atomic E-state index is -0.623. The lowest BCUT2D eigenvalue weighted by Crippen LogP contribution is -2.30. The van der Waals surface area contributed by atoms with Gasteiger partial charge in [-0.3, -0.25) is 4.79 Å². The van der Waals surface area contributed by atoms with Crippen LogP contribution in [0.5, 0.6) is 5.75 Å². The highest BCUT2D eigenvalue weighted by atomic mass is 79.9. The molecule has 0 saturated carbocycles. The van der Waals surface area contributed by atoms with Crippen LogP contribution in [0.25, 0.3) is 0 Å². The molecular weight excluding hydrogens is 366 g/mol. The zero-order valence-electron chi connectivity index (χ0n) is 12.6. The quantitative estimate of drug-likeness (QED) is 0.796. The molecule has 0 radical (unpaired) electrons. The smallest absolute Gasteiger partial charge is 0.265 e. The Morgan fingerprint density at radius 1 is 1.18 bits per heavy atom. The zero-order chi connectivity index (χ0) is 16.3. The number of carbonyl (C=O) groups is 1. The van der Waals surface area contributed by atoms with Gasteiger partial charge in [-0.15, -0.1) is 0 Å². The van der Waals surface area contributed by atoms with Gasteiger partial charge in [-0.05, 0) is 62.2 Å². The van der Waals surface area contributed by atoms with E-state index in [1.54, 1.807) is 19.1 Å². The second kappa shape index (κ2) is 7.16. The third-order valence-corrected chi connectivity index (χ3v) is 4.16. The summed E-state index contributed by atoms with van der Waals surface area (Å²) in [6, 6.07) is 11.0. The first-order valence-electron chi connectivity index (χ1n) is 6.86. The van der Waals surface area contributed by atoms with E-state index < -0.39 is 6.10 Å². The second-order valence-corrected chi connectivity index (χ2v) is 6.44. The summed E-state index contributed by atoms with van der Waals surface area (Å²) in [6.07, 6.45) is -0.623. The summed E-state index contributed by atoms with van der Waals surface area (Å²) in [6.45, 7) is 5.75. The van der Waals surface area contributed by atoms with Crippen molar-refractivity contribution in [2.24, 2.45) is 0 Å². The Morgan fingerprint density at radius 2 is 1.91 bits per heavy atom. The first-order valence-corrected chi connectivity index (χ1v) is 8.03. The van der Waals surface area contributed by atoms with Crippen molar-refractivity contribution in [3.63, 3.8) is 0 Å². The first-order chi connectivity index (χ1) is 10.4. The molecule has 2 aromatic carbocycles. The maximum atomic E-state index is 12.2. The summed E-state index contributed by atoms with van der Waals surface area (Å²) in [5, 5.41) is 3.24. The van der Waals surface area contributed by atoms with Gasteiger partial charge in [0.25, 0.3) is 5.91 Å². The lowest BCUT2D eigenvalue weighted by Gasteiger charge is -2.16. The number of hydrogen-bond donors (Lipinski definition) is 1. The van der Waals surface area contributed by atoms with Crippen molar-refractivity contribution in [3.8, 4) is 5.75 Å². The molecule has 0 saturated heterocycles. The lowest BCUT2D eigenvalue weighted by molar-refractivity contribution is -0.122. The van der Waals surface area contributed by atoms with Crippen molar-refractivity contribution in [1.82, 2.24) is 0 Å². The maximum absolute atomic E-state index is 12.2. The molecule has 0 fully saturated rings. The molecule has 5 heteroatoms. The third kappa shape index (κ3) is 4.24. The van der Waals surface area contributed by atoms with Crippen LogP contribution in [0, 0.1) is 13.8 Å². The molecule has 0 aromatic heterocycles. The van der Waals surface area contributed by atoms with Gasteiger partial charge in [0.1, 0.15) is 5.75 Å². The van der Waals surface area contributed by atoms with Crippen molar-refractivity contribution in [2.45, 2.75) is 26.9 Å². The van der Waals surface area contributed by atoms with Crippen LogP contribution < -0.4 is 10.1 Å². The van der Waals surface area contributed by atoms with Crippen LogP contribution in [-0.2, 0) is 4.79 Å². The number of amides is 1. The largest absolute Gasteiger partial charge is 0.481 e. The van der Waals surface area contributed by atoms with Crippen LogP contribution in [-0.4, -0.2) is 12.0 Å². The predicted octanol–water partition coefficient (Wildman–Crippen LogP) is 5.13. The highest BCUT2D eigenvalue weighted by Crippen LogP contribution is 2.26. The number of carbonyl (C=O) groups excluding carboxylic acids is 1. The maximum Gasteiger partial charge on any atom is 0.265 e. The molecule has 116 valence electrons. The predicted molar refractivity (Wildman–Crippen MR) is 93.8 cm³/mol. The molecule has 2 aromatic rings. The van der Waals surface area contributed by atoms with E-state index in [-0.39, 0.29) is 5.91 Å². The van der Waals surface area contributed by atoms with Crippen molar-refractivity contribution < 1.29 is 9.53 Å². The Morgan fingerprint density at radius 3 is 2.55 bits per heavy atom. The Hall–Kier alpha value is -1.52. The van der Waals surface area contributed by atoms with Crippen LogP contribution in [0.1, 0.15) is 18.1 Å². The van der Waals surface area contributed by atoms with Crippen molar-refractivity contribution in [2.75, 3.05) is 5.32 Å². The summed E-state index contributed by atoms with van der Waals surface area (Å²) in [5.41, 5.74) is 2.87. The van der Waals surface area contributed by atoms with E-state index in [0.717, 1.165) is 10.0 Å². The zero-order valence-corrected chi connectivity index (χ0v) is 15.0. The molecule has 0 bridgehead atoms. The summed E-state index contributed by atoms with van der Waals surface area (Å²) in [5.74, 6) is 0.426. The molecule has 1 atom stereocenters. The molecule has 1 N–H and O–H groups in total. The number of ether oxygens (including phenoxy) is 1. The fourth-order valence-electron chi connectivity index (χ4n) is 1.87. The van der Waals surface area contributed by atoms with Gasteiger partial charge in [0.15, 0.2) is 6.10 Å². The van der Waals surface area contributed by atoms with Gasteiger partial charge >= 0.3 is 0 Å². The first kappa shape index (κ1) is 16.8. The minimum Gasteiger partial charge on any atom is -0.481 e. The molecular formula is C17H17BrClNO2. The van der Waals surface area contributed by atoms with E-state index in [1.165, 1.54) is 5.56 Å². The Bertz CT molecular complexity index is 703. The van der Waals surface area contributed by atoms with Crippen molar-refractivity contribution in [1.29, 1.82) is 0 Å². The van der Waals surface area contributed by atoms with Crippen molar-refractivity contribution >= 4 is 39.1 Å². The van der Waals surface area contributed by atoms with Crippen LogP contribution in [0.15, 0.2) is 40.9 Å². The number of anilines is 1. The summed E-state index contributed by atoms with van der Waals surface area (Å²) < 4.78 is 6.54. The fourth-order valence-corrected chi connectivity index (χ4v) is 2.59.